The van der Waals surface area contributed by atoms with Crippen molar-refractivity contribution in [1.29, 1.82) is 0 Å². The molecule has 0 saturated carbocycles. The van der Waals surface area contributed by atoms with E-state index in [4.69, 9.17) is 5.73 Å². The number of nitrogens with two attached hydrogens (primary N) is 1. The first-order chi connectivity index (χ1) is 13.1. The van der Waals surface area contributed by atoms with Gasteiger partial charge >= 0.3 is 0 Å². The molecule has 0 aliphatic carbocycles. The predicted octanol–water partition coefficient (Wildman–Crippen LogP) is 3.50. The zero-order valence-electron chi connectivity index (χ0n) is 14.1. The van der Waals surface area contributed by atoms with Crippen LogP contribution in [0.4, 0.5) is 22.9 Å². The van der Waals surface area contributed by atoms with Crippen LogP contribution in [0.1, 0.15) is 0 Å². The molecule has 136 valence electrons. The Morgan fingerprint density at radius 1 is 1.07 bits per heavy atom. The Labute approximate surface area is 158 Å². The topological polar surface area (TPSA) is 126 Å². The van der Waals surface area contributed by atoms with Gasteiger partial charge < -0.3 is 16.0 Å². The lowest BCUT2D eigenvalue weighted by molar-refractivity contribution is -0.113. The molecule has 0 aliphatic rings. The quantitative estimate of drug-likeness (QED) is 0.343. The highest BCUT2D eigenvalue weighted by Gasteiger charge is 2.06. The number of aromatic nitrogens is 2. The largest absolute Gasteiger partial charge is 0.383 e. The Morgan fingerprint density at radius 2 is 1.74 bits per heavy atom. The second kappa shape index (κ2) is 8.77. The highest BCUT2D eigenvalue weighted by molar-refractivity contribution is 7.99. The fourth-order valence-corrected chi connectivity index (χ4v) is 2.76. The summed E-state index contributed by atoms with van der Waals surface area (Å²) in [5.74, 6) is -0.0346. The van der Waals surface area contributed by atoms with Crippen molar-refractivity contribution in [3.63, 3.8) is 0 Å². The molecule has 0 atom stereocenters. The lowest BCUT2D eigenvalue weighted by atomic mass is 10.3. The molecule has 1 heterocycles. The van der Waals surface area contributed by atoms with E-state index >= 15 is 0 Å². The molecule has 4 N–H and O–H groups in total. The number of anilines is 2. The first kappa shape index (κ1) is 18.3. The summed E-state index contributed by atoms with van der Waals surface area (Å²) < 4.78 is 0. The Morgan fingerprint density at radius 3 is 2.41 bits per heavy atom. The second-order valence-electron chi connectivity index (χ2n) is 5.39. The van der Waals surface area contributed by atoms with Gasteiger partial charge in [-0.3, -0.25) is 9.59 Å². The fourth-order valence-electron chi connectivity index (χ4n) is 2.07. The van der Waals surface area contributed by atoms with E-state index in [1.807, 2.05) is 30.3 Å². The molecular formula is C18H16N6O2S. The number of amides is 1. The fraction of sp³-hybridized carbons (Fsp3) is 0.0556. The van der Waals surface area contributed by atoms with Crippen molar-refractivity contribution in [3.05, 3.63) is 71.0 Å². The Bertz CT molecular complexity index is 1000. The number of benzene rings is 2. The molecule has 0 radical (unpaired) electrons. The van der Waals surface area contributed by atoms with Crippen molar-refractivity contribution in [2.45, 2.75) is 5.16 Å². The zero-order valence-corrected chi connectivity index (χ0v) is 14.9. The molecule has 3 rings (SSSR count). The van der Waals surface area contributed by atoms with Crippen LogP contribution < -0.4 is 16.6 Å². The molecule has 1 aromatic heterocycles. The molecule has 8 nitrogen and oxygen atoms in total. The van der Waals surface area contributed by atoms with Gasteiger partial charge in [-0.05, 0) is 36.4 Å². The summed E-state index contributed by atoms with van der Waals surface area (Å²) in [4.78, 5) is 29.8. The van der Waals surface area contributed by atoms with E-state index in [1.165, 1.54) is 6.07 Å². The van der Waals surface area contributed by atoms with E-state index in [0.29, 0.717) is 16.5 Å². The van der Waals surface area contributed by atoms with Crippen LogP contribution in [0.25, 0.3) is 0 Å². The standard InChI is InChI=1S/C18H16N6O2S/c19-15-10-16(25)22-18(21-15)27-11-17(26)20-12-6-8-14(9-7-12)24-23-13-4-2-1-3-5-13/h1-10H,11H2,(H,20,26)(H3,19,21,22,25). The Hall–Kier alpha value is -3.46. The van der Waals surface area contributed by atoms with Crippen molar-refractivity contribution in [1.82, 2.24) is 9.97 Å². The maximum atomic E-state index is 12.0. The number of thioether (sulfide) groups is 1. The van der Waals surface area contributed by atoms with Gasteiger partial charge in [0, 0.05) is 11.8 Å². The molecule has 2 aromatic carbocycles. The number of aromatic amines is 1. The third-order valence-corrected chi connectivity index (χ3v) is 4.14. The normalized spacial score (nSPS) is 10.8. The van der Waals surface area contributed by atoms with E-state index in [1.54, 1.807) is 24.3 Å². The number of hydrogen-bond donors (Lipinski definition) is 3. The van der Waals surface area contributed by atoms with Crippen LogP contribution in [0, 0.1) is 0 Å². The highest BCUT2D eigenvalue weighted by Crippen LogP contribution is 2.20. The van der Waals surface area contributed by atoms with Gasteiger partial charge in [0.2, 0.25) is 5.91 Å². The summed E-state index contributed by atoms with van der Waals surface area (Å²) in [6.07, 6.45) is 0. The lowest BCUT2D eigenvalue weighted by Crippen LogP contribution is -2.15. The lowest BCUT2D eigenvalue weighted by Gasteiger charge is -2.05. The van der Waals surface area contributed by atoms with Crippen molar-refractivity contribution in [3.8, 4) is 0 Å². The van der Waals surface area contributed by atoms with Crippen LogP contribution in [0.2, 0.25) is 0 Å². The number of nitrogens with zero attached hydrogens (tertiary/aromatic N) is 3. The van der Waals surface area contributed by atoms with Gasteiger partial charge in [0.05, 0.1) is 17.1 Å². The molecule has 27 heavy (non-hydrogen) atoms. The molecule has 0 fully saturated rings. The van der Waals surface area contributed by atoms with Crippen LogP contribution in [-0.4, -0.2) is 21.6 Å². The minimum Gasteiger partial charge on any atom is -0.383 e. The van der Waals surface area contributed by atoms with Gasteiger partial charge in [-0.2, -0.15) is 10.2 Å². The summed E-state index contributed by atoms with van der Waals surface area (Å²) in [6, 6.07) is 17.6. The summed E-state index contributed by atoms with van der Waals surface area (Å²) >= 11 is 1.09. The maximum Gasteiger partial charge on any atom is 0.253 e. The van der Waals surface area contributed by atoms with Gasteiger partial charge in [-0.1, -0.05) is 30.0 Å². The van der Waals surface area contributed by atoms with Crippen molar-refractivity contribution in [2.24, 2.45) is 10.2 Å². The minimum absolute atomic E-state index is 0.0852. The summed E-state index contributed by atoms with van der Waals surface area (Å²) in [5, 5.41) is 11.3. The van der Waals surface area contributed by atoms with Crippen LogP contribution in [-0.2, 0) is 4.79 Å². The van der Waals surface area contributed by atoms with Gasteiger partial charge in [0.15, 0.2) is 5.16 Å². The van der Waals surface area contributed by atoms with E-state index in [-0.39, 0.29) is 23.0 Å². The van der Waals surface area contributed by atoms with E-state index < -0.39 is 0 Å². The number of nitrogens with one attached hydrogen (secondary N) is 2. The van der Waals surface area contributed by atoms with Gasteiger partial charge in [0.1, 0.15) is 5.82 Å². The minimum atomic E-state index is -0.356. The molecule has 0 spiro atoms. The number of azo groups is 1. The average molecular weight is 380 g/mol. The van der Waals surface area contributed by atoms with E-state index in [9.17, 15) is 9.59 Å². The van der Waals surface area contributed by atoms with Crippen LogP contribution in [0.5, 0.6) is 0 Å². The van der Waals surface area contributed by atoms with Gasteiger partial charge in [-0.25, -0.2) is 4.98 Å². The summed E-state index contributed by atoms with van der Waals surface area (Å²) in [6.45, 7) is 0. The Kier molecular flexibility index (Phi) is 5.95. The first-order valence-electron chi connectivity index (χ1n) is 7.95. The highest BCUT2D eigenvalue weighted by atomic mass is 32.2. The molecule has 0 unspecified atom stereocenters. The first-order valence-corrected chi connectivity index (χ1v) is 8.93. The average Bonchev–Trinajstić information content (AvgIpc) is 2.66. The third-order valence-electron chi connectivity index (χ3n) is 3.27. The molecule has 0 saturated heterocycles. The number of carbonyl (C=O) groups is 1. The summed E-state index contributed by atoms with van der Waals surface area (Å²) in [7, 11) is 0. The molecule has 9 heteroatoms. The second-order valence-corrected chi connectivity index (χ2v) is 6.36. The molecule has 3 aromatic rings. The Balaban J connectivity index is 1.53. The van der Waals surface area contributed by atoms with Crippen molar-refractivity contribution < 1.29 is 4.79 Å². The van der Waals surface area contributed by atoms with Gasteiger partial charge in [-0.15, -0.1) is 0 Å². The number of rotatable bonds is 6. The molecule has 0 aliphatic heterocycles. The summed E-state index contributed by atoms with van der Waals surface area (Å²) in [5.41, 5.74) is 7.22. The number of H-pyrrole nitrogens is 1. The number of nitrogen functional groups attached to an aromatic ring is 1. The van der Waals surface area contributed by atoms with Crippen LogP contribution in [0.3, 0.4) is 0 Å². The van der Waals surface area contributed by atoms with Gasteiger partial charge in [0.25, 0.3) is 5.56 Å². The number of carbonyl (C=O) groups excluding carboxylic acids is 1. The predicted molar refractivity (Wildman–Crippen MR) is 106 cm³/mol. The van der Waals surface area contributed by atoms with E-state index in [2.05, 4.69) is 25.5 Å². The smallest absolute Gasteiger partial charge is 0.253 e. The van der Waals surface area contributed by atoms with Crippen molar-refractivity contribution in [2.75, 3.05) is 16.8 Å². The van der Waals surface area contributed by atoms with Crippen LogP contribution >= 0.6 is 11.8 Å². The van der Waals surface area contributed by atoms with Crippen LogP contribution in [0.15, 0.2) is 80.8 Å². The zero-order chi connectivity index (χ0) is 19.1. The molecule has 0 bridgehead atoms. The maximum absolute atomic E-state index is 12.0. The SMILES string of the molecule is Nc1cc(=O)[nH]c(SCC(=O)Nc2ccc(N=Nc3ccccc3)cc2)n1. The number of hydrogen-bond acceptors (Lipinski definition) is 7. The van der Waals surface area contributed by atoms with Crippen molar-refractivity contribution >= 4 is 40.5 Å². The molecule has 1 amide bonds. The monoisotopic (exact) mass is 380 g/mol. The van der Waals surface area contributed by atoms with E-state index in [0.717, 1.165) is 17.4 Å². The third kappa shape index (κ3) is 5.79. The molecular weight excluding hydrogens is 364 g/mol.